The number of carbonyl (C=O) groups is 1. The molecular formula is C11H22N2O2. The van der Waals surface area contributed by atoms with Gasteiger partial charge >= 0.3 is 5.97 Å². The van der Waals surface area contributed by atoms with Crippen molar-refractivity contribution in [1.29, 1.82) is 0 Å². The zero-order chi connectivity index (χ0) is 11.4. The second kappa shape index (κ2) is 5.47. The summed E-state index contributed by atoms with van der Waals surface area (Å²) in [6.45, 7) is 6.12. The Bertz CT molecular complexity index is 221. The highest BCUT2D eigenvalue weighted by atomic mass is 16.4. The molecule has 1 aliphatic rings. The summed E-state index contributed by atoms with van der Waals surface area (Å²) in [5, 5.41) is 8.77. The van der Waals surface area contributed by atoms with E-state index in [2.05, 4.69) is 18.7 Å². The van der Waals surface area contributed by atoms with Gasteiger partial charge in [-0.1, -0.05) is 6.92 Å². The quantitative estimate of drug-likeness (QED) is 0.730. The minimum atomic E-state index is -0.710. The van der Waals surface area contributed by atoms with Crippen molar-refractivity contribution in [3.05, 3.63) is 0 Å². The van der Waals surface area contributed by atoms with Gasteiger partial charge in [0.25, 0.3) is 0 Å². The number of carboxylic acid groups (broad SMARTS) is 1. The third-order valence-electron chi connectivity index (χ3n) is 3.28. The van der Waals surface area contributed by atoms with Crippen molar-refractivity contribution in [2.75, 3.05) is 13.1 Å². The lowest BCUT2D eigenvalue weighted by Crippen LogP contribution is -2.50. The Morgan fingerprint density at radius 2 is 2.27 bits per heavy atom. The third-order valence-corrected chi connectivity index (χ3v) is 3.28. The molecule has 1 heterocycles. The van der Waals surface area contributed by atoms with Crippen molar-refractivity contribution in [3.63, 3.8) is 0 Å². The summed E-state index contributed by atoms with van der Waals surface area (Å²) < 4.78 is 0. The Morgan fingerprint density at radius 1 is 1.60 bits per heavy atom. The lowest BCUT2D eigenvalue weighted by molar-refractivity contribution is -0.138. The molecule has 0 spiro atoms. The highest BCUT2D eigenvalue weighted by molar-refractivity contribution is 5.67. The lowest BCUT2D eigenvalue weighted by Gasteiger charge is -2.39. The standard InChI is InChI=1S/C11H22N2O2/c1-3-8(2)13-6-9(5-11(14)15)4-10(12)7-13/h8-10H,3-7,12H2,1-2H3,(H,14,15). The number of rotatable bonds is 4. The first kappa shape index (κ1) is 12.5. The summed E-state index contributed by atoms with van der Waals surface area (Å²) >= 11 is 0. The molecule has 3 unspecified atom stereocenters. The fourth-order valence-electron chi connectivity index (χ4n) is 2.30. The van der Waals surface area contributed by atoms with Crippen molar-refractivity contribution >= 4 is 5.97 Å². The highest BCUT2D eigenvalue weighted by Gasteiger charge is 2.28. The lowest BCUT2D eigenvalue weighted by atomic mass is 9.91. The van der Waals surface area contributed by atoms with Crippen LogP contribution in [0.3, 0.4) is 0 Å². The van der Waals surface area contributed by atoms with E-state index >= 15 is 0 Å². The van der Waals surface area contributed by atoms with Crippen LogP contribution in [0, 0.1) is 5.92 Å². The van der Waals surface area contributed by atoms with Crippen LogP contribution >= 0.6 is 0 Å². The molecule has 0 saturated carbocycles. The van der Waals surface area contributed by atoms with Gasteiger partial charge in [-0.05, 0) is 25.7 Å². The van der Waals surface area contributed by atoms with Crippen LogP contribution < -0.4 is 5.73 Å². The molecule has 3 atom stereocenters. The predicted octanol–water partition coefficient (Wildman–Crippen LogP) is 0.909. The van der Waals surface area contributed by atoms with Crippen molar-refractivity contribution in [3.8, 4) is 0 Å². The number of carboxylic acids is 1. The zero-order valence-electron chi connectivity index (χ0n) is 9.65. The average Bonchev–Trinajstić information content (AvgIpc) is 2.14. The van der Waals surface area contributed by atoms with Crippen LogP contribution in [0.2, 0.25) is 0 Å². The van der Waals surface area contributed by atoms with Crippen LogP contribution in [-0.2, 0) is 4.79 Å². The van der Waals surface area contributed by atoms with Crippen LogP contribution in [0.15, 0.2) is 0 Å². The Morgan fingerprint density at radius 3 is 2.80 bits per heavy atom. The van der Waals surface area contributed by atoms with Crippen LogP contribution in [-0.4, -0.2) is 41.1 Å². The van der Waals surface area contributed by atoms with Crippen LogP contribution in [0.25, 0.3) is 0 Å². The van der Waals surface area contributed by atoms with E-state index in [1.54, 1.807) is 0 Å². The van der Waals surface area contributed by atoms with Gasteiger partial charge < -0.3 is 10.8 Å². The van der Waals surface area contributed by atoms with Gasteiger partial charge in [0.15, 0.2) is 0 Å². The summed E-state index contributed by atoms with van der Waals surface area (Å²) in [5.74, 6) is -0.488. The van der Waals surface area contributed by atoms with Crippen molar-refractivity contribution in [1.82, 2.24) is 4.90 Å². The van der Waals surface area contributed by atoms with Crippen LogP contribution in [0.1, 0.15) is 33.1 Å². The van der Waals surface area contributed by atoms with Gasteiger partial charge in [0.05, 0.1) is 0 Å². The number of nitrogens with two attached hydrogens (primary N) is 1. The Hall–Kier alpha value is -0.610. The zero-order valence-corrected chi connectivity index (χ0v) is 9.65. The maximum absolute atomic E-state index is 10.7. The molecule has 0 aromatic rings. The normalized spacial score (nSPS) is 30.1. The Balaban J connectivity index is 2.51. The predicted molar refractivity (Wildman–Crippen MR) is 59.7 cm³/mol. The van der Waals surface area contributed by atoms with Gasteiger partial charge in [-0.2, -0.15) is 0 Å². The molecule has 0 amide bonds. The largest absolute Gasteiger partial charge is 0.481 e. The van der Waals surface area contributed by atoms with Crippen molar-refractivity contribution in [2.24, 2.45) is 11.7 Å². The summed E-state index contributed by atoms with van der Waals surface area (Å²) in [6.07, 6.45) is 2.19. The maximum atomic E-state index is 10.7. The Kier molecular flexibility index (Phi) is 4.54. The summed E-state index contributed by atoms with van der Waals surface area (Å²) in [5.41, 5.74) is 5.95. The molecule has 0 radical (unpaired) electrons. The topological polar surface area (TPSA) is 66.6 Å². The molecular weight excluding hydrogens is 192 g/mol. The van der Waals surface area contributed by atoms with Gasteiger partial charge in [-0.15, -0.1) is 0 Å². The smallest absolute Gasteiger partial charge is 0.303 e. The molecule has 4 heteroatoms. The fraction of sp³-hybridized carbons (Fsp3) is 0.909. The summed E-state index contributed by atoms with van der Waals surface area (Å²) in [4.78, 5) is 13.0. The first-order chi connectivity index (χ1) is 7.02. The molecule has 0 aromatic carbocycles. The minimum Gasteiger partial charge on any atom is -0.481 e. The minimum absolute atomic E-state index is 0.136. The van der Waals surface area contributed by atoms with E-state index in [-0.39, 0.29) is 18.4 Å². The molecule has 1 saturated heterocycles. The second-order valence-corrected chi connectivity index (χ2v) is 4.67. The third kappa shape index (κ3) is 3.80. The Labute approximate surface area is 91.4 Å². The SMILES string of the molecule is CCC(C)N1CC(N)CC(CC(=O)O)C1. The van der Waals surface area contributed by atoms with E-state index in [0.29, 0.717) is 6.04 Å². The highest BCUT2D eigenvalue weighted by Crippen LogP contribution is 2.21. The fourth-order valence-corrected chi connectivity index (χ4v) is 2.30. The van der Waals surface area contributed by atoms with Gasteiger partial charge in [-0.25, -0.2) is 0 Å². The maximum Gasteiger partial charge on any atom is 0.303 e. The van der Waals surface area contributed by atoms with Gasteiger partial charge in [0.2, 0.25) is 0 Å². The molecule has 88 valence electrons. The molecule has 0 bridgehead atoms. The monoisotopic (exact) mass is 214 g/mol. The van der Waals surface area contributed by atoms with Gasteiger partial charge in [-0.3, -0.25) is 9.69 Å². The van der Waals surface area contributed by atoms with Gasteiger partial charge in [0, 0.05) is 31.6 Å². The number of piperidine rings is 1. The molecule has 1 rings (SSSR count). The number of hydrogen-bond acceptors (Lipinski definition) is 3. The van der Waals surface area contributed by atoms with E-state index in [0.717, 1.165) is 25.9 Å². The molecule has 1 aliphatic heterocycles. The number of aliphatic carboxylic acids is 1. The molecule has 0 aliphatic carbocycles. The van der Waals surface area contributed by atoms with Crippen molar-refractivity contribution < 1.29 is 9.90 Å². The first-order valence-corrected chi connectivity index (χ1v) is 5.74. The average molecular weight is 214 g/mol. The first-order valence-electron chi connectivity index (χ1n) is 5.74. The van der Waals surface area contributed by atoms with E-state index in [1.165, 1.54) is 0 Å². The molecule has 15 heavy (non-hydrogen) atoms. The molecule has 0 aromatic heterocycles. The van der Waals surface area contributed by atoms with E-state index < -0.39 is 5.97 Å². The molecule has 3 N–H and O–H groups in total. The van der Waals surface area contributed by atoms with E-state index in [4.69, 9.17) is 10.8 Å². The van der Waals surface area contributed by atoms with E-state index in [1.807, 2.05) is 0 Å². The van der Waals surface area contributed by atoms with Crippen LogP contribution in [0.5, 0.6) is 0 Å². The summed E-state index contributed by atoms with van der Waals surface area (Å²) in [6, 6.07) is 0.643. The van der Waals surface area contributed by atoms with Crippen molar-refractivity contribution in [2.45, 2.75) is 45.2 Å². The van der Waals surface area contributed by atoms with Crippen LogP contribution in [0.4, 0.5) is 0 Å². The summed E-state index contributed by atoms with van der Waals surface area (Å²) in [7, 11) is 0. The number of likely N-dealkylation sites (tertiary alicyclic amines) is 1. The molecule has 1 fully saturated rings. The number of nitrogens with zero attached hydrogens (tertiary/aromatic N) is 1. The number of hydrogen-bond donors (Lipinski definition) is 2. The second-order valence-electron chi connectivity index (χ2n) is 4.67. The van der Waals surface area contributed by atoms with Gasteiger partial charge in [0.1, 0.15) is 0 Å². The van der Waals surface area contributed by atoms with E-state index in [9.17, 15) is 4.79 Å². The molecule has 4 nitrogen and oxygen atoms in total.